The molecule has 1 aromatic carbocycles. The van der Waals surface area contributed by atoms with Gasteiger partial charge in [0.1, 0.15) is 0 Å². The molecule has 0 aliphatic heterocycles. The third-order valence-corrected chi connectivity index (χ3v) is 2.60. The third kappa shape index (κ3) is 3.73. The molecule has 3 nitrogen and oxygen atoms in total. The lowest BCUT2D eigenvalue weighted by Gasteiger charge is -2.06. The van der Waals surface area contributed by atoms with Gasteiger partial charge in [-0.2, -0.15) is 5.10 Å². The summed E-state index contributed by atoms with van der Waals surface area (Å²) in [5, 5.41) is 4.47. The second-order valence-electron chi connectivity index (χ2n) is 4.05. The van der Waals surface area contributed by atoms with Crippen molar-refractivity contribution >= 4 is 24.8 Å². The van der Waals surface area contributed by atoms with Gasteiger partial charge in [0.25, 0.3) is 0 Å². The van der Waals surface area contributed by atoms with Gasteiger partial charge in [-0.05, 0) is 50.6 Å². The van der Waals surface area contributed by atoms with Gasteiger partial charge in [0.2, 0.25) is 0 Å². The Morgan fingerprint density at radius 1 is 1.17 bits per heavy atom. The quantitative estimate of drug-likeness (QED) is 0.943. The van der Waals surface area contributed by atoms with Crippen LogP contribution in [0.2, 0.25) is 0 Å². The average molecular weight is 288 g/mol. The van der Waals surface area contributed by atoms with Gasteiger partial charge in [-0.25, -0.2) is 4.68 Å². The van der Waals surface area contributed by atoms with E-state index in [4.69, 9.17) is 5.73 Å². The standard InChI is InChI=1S/C13H17N3.2ClH/c1-10-8-11(2)16(15-10)13-5-3-4-12(9-13)6-7-14;;/h3-5,8-9H,6-7,14H2,1-2H3;2*1H. The van der Waals surface area contributed by atoms with Gasteiger partial charge in [0.05, 0.1) is 11.4 Å². The van der Waals surface area contributed by atoms with Crippen molar-refractivity contribution in [2.24, 2.45) is 5.73 Å². The van der Waals surface area contributed by atoms with E-state index < -0.39 is 0 Å². The van der Waals surface area contributed by atoms with Crippen LogP contribution in [-0.4, -0.2) is 16.3 Å². The first-order chi connectivity index (χ1) is 7.70. The minimum absolute atomic E-state index is 0. The molecular formula is C13H19Cl2N3. The van der Waals surface area contributed by atoms with Crippen LogP contribution in [0.25, 0.3) is 5.69 Å². The molecule has 0 fully saturated rings. The van der Waals surface area contributed by atoms with Crippen molar-refractivity contribution in [2.75, 3.05) is 6.54 Å². The number of aryl methyl sites for hydroxylation is 2. The summed E-state index contributed by atoms with van der Waals surface area (Å²) in [6.45, 7) is 4.75. The van der Waals surface area contributed by atoms with E-state index in [9.17, 15) is 0 Å². The largest absolute Gasteiger partial charge is 0.330 e. The van der Waals surface area contributed by atoms with Gasteiger partial charge in [-0.1, -0.05) is 12.1 Å². The van der Waals surface area contributed by atoms with E-state index in [-0.39, 0.29) is 24.8 Å². The van der Waals surface area contributed by atoms with Crippen molar-refractivity contribution in [3.05, 3.63) is 47.3 Å². The van der Waals surface area contributed by atoms with Crippen LogP contribution in [0.3, 0.4) is 0 Å². The van der Waals surface area contributed by atoms with Crippen LogP contribution < -0.4 is 5.73 Å². The second-order valence-corrected chi connectivity index (χ2v) is 4.05. The van der Waals surface area contributed by atoms with Gasteiger partial charge < -0.3 is 5.73 Å². The molecule has 0 saturated carbocycles. The Bertz CT molecular complexity index is 495. The van der Waals surface area contributed by atoms with Crippen molar-refractivity contribution in [2.45, 2.75) is 20.3 Å². The first-order valence-electron chi connectivity index (χ1n) is 5.53. The highest BCUT2D eigenvalue weighted by Gasteiger charge is 2.03. The second kappa shape index (κ2) is 7.41. The van der Waals surface area contributed by atoms with Gasteiger partial charge in [0.15, 0.2) is 0 Å². The van der Waals surface area contributed by atoms with Crippen LogP contribution in [0, 0.1) is 13.8 Å². The monoisotopic (exact) mass is 287 g/mol. The molecule has 2 aromatic rings. The average Bonchev–Trinajstić information content (AvgIpc) is 2.59. The Morgan fingerprint density at radius 2 is 1.89 bits per heavy atom. The first-order valence-corrected chi connectivity index (χ1v) is 5.53. The zero-order valence-electron chi connectivity index (χ0n) is 10.6. The summed E-state index contributed by atoms with van der Waals surface area (Å²) in [5.41, 5.74) is 10.1. The van der Waals surface area contributed by atoms with Gasteiger partial charge in [0, 0.05) is 5.69 Å². The molecule has 0 unspecified atom stereocenters. The van der Waals surface area contributed by atoms with E-state index in [0.29, 0.717) is 6.54 Å². The Labute approximate surface area is 120 Å². The fourth-order valence-electron chi connectivity index (χ4n) is 1.90. The van der Waals surface area contributed by atoms with Crippen LogP contribution in [0.5, 0.6) is 0 Å². The lowest BCUT2D eigenvalue weighted by atomic mass is 10.1. The summed E-state index contributed by atoms with van der Waals surface area (Å²) in [4.78, 5) is 0. The van der Waals surface area contributed by atoms with Crippen LogP contribution in [0.15, 0.2) is 30.3 Å². The molecule has 0 atom stereocenters. The summed E-state index contributed by atoms with van der Waals surface area (Å²) >= 11 is 0. The predicted octanol–water partition coefficient (Wildman–Crippen LogP) is 2.83. The first kappa shape index (κ1) is 17.0. The molecule has 0 aliphatic rings. The molecule has 0 saturated heterocycles. The highest BCUT2D eigenvalue weighted by molar-refractivity contribution is 5.85. The normalized spacial score (nSPS) is 9.50. The summed E-state index contributed by atoms with van der Waals surface area (Å²) in [6, 6.07) is 10.4. The van der Waals surface area contributed by atoms with Crippen LogP contribution in [0.4, 0.5) is 0 Å². The molecule has 0 aliphatic carbocycles. The molecule has 0 radical (unpaired) electrons. The molecule has 0 spiro atoms. The van der Waals surface area contributed by atoms with E-state index in [2.05, 4.69) is 42.4 Å². The molecular weight excluding hydrogens is 269 g/mol. The molecule has 0 amide bonds. The zero-order valence-corrected chi connectivity index (χ0v) is 12.2. The Morgan fingerprint density at radius 3 is 2.44 bits per heavy atom. The fraction of sp³-hybridized carbons (Fsp3) is 0.308. The number of nitrogens with zero attached hydrogens (tertiary/aromatic N) is 2. The maximum atomic E-state index is 5.56. The van der Waals surface area contributed by atoms with Crippen molar-refractivity contribution in [3.8, 4) is 5.69 Å². The molecule has 0 bridgehead atoms. The third-order valence-electron chi connectivity index (χ3n) is 2.60. The van der Waals surface area contributed by atoms with E-state index in [0.717, 1.165) is 23.5 Å². The van der Waals surface area contributed by atoms with Gasteiger partial charge in [-0.15, -0.1) is 24.8 Å². The van der Waals surface area contributed by atoms with Crippen molar-refractivity contribution in [1.82, 2.24) is 9.78 Å². The zero-order chi connectivity index (χ0) is 11.5. The topological polar surface area (TPSA) is 43.8 Å². The van der Waals surface area contributed by atoms with Crippen LogP contribution in [0.1, 0.15) is 17.0 Å². The predicted molar refractivity (Wildman–Crippen MR) is 80.3 cm³/mol. The number of hydrogen-bond acceptors (Lipinski definition) is 2. The Hall–Kier alpha value is -1.03. The molecule has 1 aromatic heterocycles. The van der Waals surface area contributed by atoms with Gasteiger partial charge in [-0.3, -0.25) is 0 Å². The number of benzene rings is 1. The maximum Gasteiger partial charge on any atom is 0.0651 e. The molecule has 18 heavy (non-hydrogen) atoms. The Kier molecular flexibility index (Phi) is 6.99. The number of nitrogens with two attached hydrogens (primary N) is 1. The van der Waals surface area contributed by atoms with E-state index in [1.54, 1.807) is 0 Å². The van der Waals surface area contributed by atoms with Crippen LogP contribution >= 0.6 is 24.8 Å². The highest BCUT2D eigenvalue weighted by Crippen LogP contribution is 2.13. The smallest absolute Gasteiger partial charge is 0.0651 e. The van der Waals surface area contributed by atoms with E-state index in [1.165, 1.54) is 5.56 Å². The van der Waals surface area contributed by atoms with Crippen molar-refractivity contribution in [3.63, 3.8) is 0 Å². The number of rotatable bonds is 3. The molecule has 5 heteroatoms. The maximum absolute atomic E-state index is 5.56. The lowest BCUT2D eigenvalue weighted by Crippen LogP contribution is -2.04. The minimum Gasteiger partial charge on any atom is -0.330 e. The number of aromatic nitrogens is 2. The summed E-state index contributed by atoms with van der Waals surface area (Å²) in [6.07, 6.45) is 0.910. The highest BCUT2D eigenvalue weighted by atomic mass is 35.5. The van der Waals surface area contributed by atoms with E-state index >= 15 is 0 Å². The van der Waals surface area contributed by atoms with E-state index in [1.807, 2.05) is 11.6 Å². The summed E-state index contributed by atoms with van der Waals surface area (Å²) < 4.78 is 1.97. The molecule has 1 heterocycles. The van der Waals surface area contributed by atoms with Crippen molar-refractivity contribution < 1.29 is 0 Å². The molecule has 2 rings (SSSR count). The summed E-state index contributed by atoms with van der Waals surface area (Å²) in [5.74, 6) is 0. The fourth-order valence-corrected chi connectivity index (χ4v) is 1.90. The number of halogens is 2. The van der Waals surface area contributed by atoms with Crippen LogP contribution in [-0.2, 0) is 6.42 Å². The molecule has 2 N–H and O–H groups in total. The Balaban J connectivity index is 0.00000144. The summed E-state index contributed by atoms with van der Waals surface area (Å²) in [7, 11) is 0. The number of hydrogen-bond donors (Lipinski definition) is 1. The van der Waals surface area contributed by atoms with Gasteiger partial charge >= 0.3 is 0 Å². The molecule has 100 valence electrons. The SMILES string of the molecule is Cc1cc(C)n(-c2cccc(CCN)c2)n1.Cl.Cl. The minimum atomic E-state index is 0. The van der Waals surface area contributed by atoms with Crippen molar-refractivity contribution in [1.29, 1.82) is 0 Å². The lowest BCUT2D eigenvalue weighted by molar-refractivity contribution is 0.830.